The first-order chi connectivity index (χ1) is 13.0. The number of fused-ring (bicyclic) bond motifs is 1. The zero-order chi connectivity index (χ0) is 20.6. The number of hydrogen-bond acceptors (Lipinski definition) is 5. The van der Waals surface area contributed by atoms with Crippen molar-refractivity contribution < 1.29 is 27.9 Å². The van der Waals surface area contributed by atoms with E-state index in [9.17, 15) is 27.9 Å². The van der Waals surface area contributed by atoms with Crippen molar-refractivity contribution in [1.82, 2.24) is 20.1 Å². The summed E-state index contributed by atoms with van der Waals surface area (Å²) < 4.78 is 39.9. The quantitative estimate of drug-likeness (QED) is 0.620. The number of carbonyl (C=O) groups is 2. The third-order valence-corrected chi connectivity index (χ3v) is 3.86. The van der Waals surface area contributed by atoms with Crippen LogP contribution in [0, 0.1) is 6.92 Å². The lowest BCUT2D eigenvalue weighted by Crippen LogP contribution is -2.34. The summed E-state index contributed by atoms with van der Waals surface area (Å²) in [6.07, 6.45) is -3.45. The summed E-state index contributed by atoms with van der Waals surface area (Å²) in [6.45, 7) is 1.73. The van der Waals surface area contributed by atoms with Crippen molar-refractivity contribution in [3.63, 3.8) is 0 Å². The standard InChI is InChI=1S/C17H14F3N5O3/c1-8-13-3-9(7-21-14(13)25(2)24-8)15(27)23-16(28)22-11-4-10(17(18,19)20)5-12(26)6-11/h3-7,26H,1-2H3,(H2,22,23,27,28). The van der Waals surface area contributed by atoms with Crippen LogP contribution in [0.5, 0.6) is 5.75 Å². The number of urea groups is 1. The Bertz CT molecular complexity index is 1090. The van der Waals surface area contributed by atoms with Crippen LogP contribution in [0.1, 0.15) is 21.6 Å². The van der Waals surface area contributed by atoms with Crippen LogP contribution in [-0.2, 0) is 13.2 Å². The predicted octanol–water partition coefficient (Wildman–Crippen LogP) is 2.96. The maximum Gasteiger partial charge on any atom is 0.416 e. The third kappa shape index (κ3) is 3.87. The number of amides is 3. The molecule has 0 fully saturated rings. The summed E-state index contributed by atoms with van der Waals surface area (Å²) in [4.78, 5) is 28.3. The van der Waals surface area contributed by atoms with Gasteiger partial charge in [-0.2, -0.15) is 18.3 Å². The highest BCUT2D eigenvalue weighted by atomic mass is 19.4. The number of imide groups is 1. The van der Waals surface area contributed by atoms with E-state index in [0.717, 1.165) is 6.07 Å². The molecule has 0 unspecified atom stereocenters. The first kappa shape index (κ1) is 19.1. The largest absolute Gasteiger partial charge is 0.508 e. The fraction of sp³-hybridized carbons (Fsp3) is 0.176. The molecule has 28 heavy (non-hydrogen) atoms. The number of aryl methyl sites for hydroxylation is 2. The third-order valence-electron chi connectivity index (χ3n) is 3.86. The van der Waals surface area contributed by atoms with E-state index in [0.29, 0.717) is 28.9 Å². The van der Waals surface area contributed by atoms with Crippen LogP contribution >= 0.6 is 0 Å². The summed E-state index contributed by atoms with van der Waals surface area (Å²) in [5.74, 6) is -1.48. The Morgan fingerprint density at radius 3 is 2.57 bits per heavy atom. The minimum absolute atomic E-state index is 0.0747. The van der Waals surface area contributed by atoms with Crippen LogP contribution < -0.4 is 10.6 Å². The van der Waals surface area contributed by atoms with Crippen LogP contribution in [0.15, 0.2) is 30.5 Å². The van der Waals surface area contributed by atoms with Crippen molar-refractivity contribution in [3.8, 4) is 5.75 Å². The smallest absolute Gasteiger partial charge is 0.416 e. The number of nitrogens with zero attached hydrogens (tertiary/aromatic N) is 3. The second-order valence-electron chi connectivity index (χ2n) is 5.98. The van der Waals surface area contributed by atoms with Crippen molar-refractivity contribution in [2.75, 3.05) is 5.32 Å². The highest BCUT2D eigenvalue weighted by Gasteiger charge is 2.31. The number of halogens is 3. The van der Waals surface area contributed by atoms with Crippen LogP contribution in [0.3, 0.4) is 0 Å². The van der Waals surface area contributed by atoms with Crippen molar-refractivity contribution in [2.45, 2.75) is 13.1 Å². The number of rotatable bonds is 2. The van der Waals surface area contributed by atoms with E-state index in [2.05, 4.69) is 15.4 Å². The molecule has 2 aromatic heterocycles. The Labute approximate surface area is 156 Å². The number of anilines is 1. The Morgan fingerprint density at radius 1 is 1.18 bits per heavy atom. The average Bonchev–Trinajstić information content (AvgIpc) is 2.87. The molecule has 0 bridgehead atoms. The van der Waals surface area contributed by atoms with E-state index in [4.69, 9.17) is 0 Å². The first-order valence-corrected chi connectivity index (χ1v) is 7.87. The minimum atomic E-state index is -4.70. The van der Waals surface area contributed by atoms with Gasteiger partial charge in [-0.15, -0.1) is 0 Å². The van der Waals surface area contributed by atoms with Crippen molar-refractivity contribution in [3.05, 3.63) is 47.3 Å². The minimum Gasteiger partial charge on any atom is -0.508 e. The van der Waals surface area contributed by atoms with Crippen LogP contribution in [0.2, 0.25) is 0 Å². The number of phenols is 1. The number of aromatic hydroxyl groups is 1. The maximum atomic E-state index is 12.8. The molecule has 3 N–H and O–H groups in total. The maximum absolute atomic E-state index is 12.8. The Morgan fingerprint density at radius 2 is 1.89 bits per heavy atom. The summed E-state index contributed by atoms with van der Waals surface area (Å²) in [6, 6.07) is 2.52. The van der Waals surface area contributed by atoms with Gasteiger partial charge in [0.15, 0.2) is 5.65 Å². The number of benzene rings is 1. The number of alkyl halides is 3. The second kappa shape index (κ2) is 6.83. The number of pyridine rings is 1. The average molecular weight is 393 g/mol. The van der Waals surface area contributed by atoms with Gasteiger partial charge in [-0.3, -0.25) is 14.8 Å². The molecule has 0 saturated heterocycles. The molecule has 11 heteroatoms. The van der Waals surface area contributed by atoms with E-state index < -0.39 is 29.4 Å². The molecular weight excluding hydrogens is 379 g/mol. The Balaban J connectivity index is 1.76. The molecule has 1 aromatic carbocycles. The Hall–Kier alpha value is -3.63. The van der Waals surface area contributed by atoms with Gasteiger partial charge < -0.3 is 10.4 Å². The van der Waals surface area contributed by atoms with E-state index >= 15 is 0 Å². The number of nitrogens with one attached hydrogen (secondary N) is 2. The van der Waals surface area contributed by atoms with Crippen molar-refractivity contribution in [1.29, 1.82) is 0 Å². The summed E-state index contributed by atoms with van der Waals surface area (Å²) >= 11 is 0. The van der Waals surface area contributed by atoms with E-state index in [1.807, 2.05) is 5.32 Å². The van der Waals surface area contributed by atoms with Gasteiger partial charge in [-0.25, -0.2) is 9.78 Å². The topological polar surface area (TPSA) is 109 Å². The summed E-state index contributed by atoms with van der Waals surface area (Å²) in [7, 11) is 1.69. The van der Waals surface area contributed by atoms with Crippen LogP contribution in [-0.4, -0.2) is 31.8 Å². The van der Waals surface area contributed by atoms with Crippen molar-refractivity contribution in [2.24, 2.45) is 7.05 Å². The number of hydrogen-bond donors (Lipinski definition) is 3. The van der Waals surface area contributed by atoms with Gasteiger partial charge in [0, 0.05) is 30.4 Å². The van der Waals surface area contributed by atoms with E-state index in [1.54, 1.807) is 18.7 Å². The molecule has 0 aliphatic carbocycles. The molecule has 3 rings (SSSR count). The van der Waals surface area contributed by atoms with Gasteiger partial charge in [0.1, 0.15) is 5.75 Å². The lowest BCUT2D eigenvalue weighted by molar-refractivity contribution is -0.137. The first-order valence-electron chi connectivity index (χ1n) is 7.87. The van der Waals surface area contributed by atoms with Crippen molar-refractivity contribution >= 4 is 28.7 Å². The highest BCUT2D eigenvalue weighted by Crippen LogP contribution is 2.33. The molecule has 0 aliphatic rings. The van der Waals surface area contributed by atoms with Crippen LogP contribution in [0.4, 0.5) is 23.7 Å². The van der Waals surface area contributed by atoms with E-state index in [1.165, 1.54) is 12.3 Å². The van der Waals surface area contributed by atoms with E-state index in [-0.39, 0.29) is 11.3 Å². The molecule has 0 spiro atoms. The normalized spacial score (nSPS) is 11.5. The Kier molecular flexibility index (Phi) is 4.67. The zero-order valence-electron chi connectivity index (χ0n) is 14.6. The van der Waals surface area contributed by atoms with Gasteiger partial charge in [0.05, 0.1) is 16.8 Å². The molecule has 0 saturated carbocycles. The molecule has 0 aliphatic heterocycles. The lowest BCUT2D eigenvalue weighted by atomic mass is 10.2. The molecule has 3 aromatic rings. The van der Waals surface area contributed by atoms with Gasteiger partial charge in [0.25, 0.3) is 5.91 Å². The monoisotopic (exact) mass is 393 g/mol. The summed E-state index contributed by atoms with van der Waals surface area (Å²) in [5.41, 5.74) is -0.197. The fourth-order valence-electron chi connectivity index (χ4n) is 2.62. The van der Waals surface area contributed by atoms with Gasteiger partial charge in [-0.1, -0.05) is 0 Å². The zero-order valence-corrected chi connectivity index (χ0v) is 14.6. The number of phenolic OH excluding ortho intramolecular Hbond substituents is 1. The SMILES string of the molecule is Cc1nn(C)c2ncc(C(=O)NC(=O)Nc3cc(O)cc(C(F)(F)F)c3)cc12. The van der Waals surface area contributed by atoms with Gasteiger partial charge in [0.2, 0.25) is 0 Å². The van der Waals surface area contributed by atoms with Gasteiger partial charge >= 0.3 is 12.2 Å². The molecule has 0 atom stereocenters. The molecule has 3 amide bonds. The molecular formula is C17H14F3N5O3. The highest BCUT2D eigenvalue weighted by molar-refractivity contribution is 6.08. The fourth-order valence-corrected chi connectivity index (χ4v) is 2.62. The number of aromatic nitrogens is 3. The second-order valence-corrected chi connectivity index (χ2v) is 5.98. The molecule has 2 heterocycles. The predicted molar refractivity (Wildman–Crippen MR) is 92.8 cm³/mol. The number of carbonyl (C=O) groups excluding carboxylic acids is 2. The summed E-state index contributed by atoms with van der Waals surface area (Å²) in [5, 5.41) is 18.3. The molecule has 0 radical (unpaired) electrons. The van der Waals surface area contributed by atoms with Gasteiger partial charge in [-0.05, 0) is 25.1 Å². The van der Waals surface area contributed by atoms with Crippen LogP contribution in [0.25, 0.3) is 11.0 Å². The molecule has 146 valence electrons. The molecule has 8 nitrogen and oxygen atoms in total. The lowest BCUT2D eigenvalue weighted by Gasteiger charge is -2.11.